The average molecular weight is 258 g/mol. The highest BCUT2D eigenvalue weighted by Gasteiger charge is 2.17. The van der Waals surface area contributed by atoms with Crippen LogP contribution in [0, 0.1) is 0 Å². The second kappa shape index (κ2) is 7.24. The molecule has 17 heavy (non-hydrogen) atoms. The molecule has 6 heteroatoms. The van der Waals surface area contributed by atoms with Crippen LogP contribution in [-0.2, 0) is 14.3 Å². The van der Waals surface area contributed by atoms with Gasteiger partial charge in [0.05, 0.1) is 12.6 Å². The average Bonchev–Trinajstić information content (AvgIpc) is 2.28. The lowest BCUT2D eigenvalue weighted by molar-refractivity contribution is -0.144. The number of carbonyl (C=O) groups is 1. The molecule has 0 aromatic heterocycles. The third-order valence-electron chi connectivity index (χ3n) is 2.15. The Morgan fingerprint density at radius 3 is 2.88 bits per heavy atom. The molecule has 1 rings (SSSR count). The zero-order valence-electron chi connectivity index (χ0n) is 10.1. The molecule has 2 atom stereocenters. The maximum atomic E-state index is 10.6. The van der Waals surface area contributed by atoms with E-state index >= 15 is 0 Å². The summed E-state index contributed by atoms with van der Waals surface area (Å²) in [6.07, 6.45) is 3.68. The summed E-state index contributed by atoms with van der Waals surface area (Å²) in [5, 5.41) is 6.73. The van der Waals surface area contributed by atoms with E-state index in [0.717, 1.165) is 6.54 Å². The van der Waals surface area contributed by atoms with Crippen molar-refractivity contribution in [3.05, 3.63) is 12.2 Å². The summed E-state index contributed by atoms with van der Waals surface area (Å²) in [5.74, 6) is -0.296. The van der Waals surface area contributed by atoms with Crippen LogP contribution in [0.1, 0.15) is 13.8 Å². The molecule has 0 aliphatic carbocycles. The smallest absolute Gasteiger partial charge is 0.302 e. The van der Waals surface area contributed by atoms with Gasteiger partial charge in [-0.3, -0.25) is 4.79 Å². The van der Waals surface area contributed by atoms with E-state index in [4.69, 9.17) is 21.7 Å². The van der Waals surface area contributed by atoms with Crippen molar-refractivity contribution in [3.8, 4) is 0 Å². The van der Waals surface area contributed by atoms with Crippen LogP contribution in [0.25, 0.3) is 0 Å². The SMILES string of the molecule is CCNC(=S)N[C@@H]1C=C[C@H](COC(C)=O)OC1. The Labute approximate surface area is 107 Å². The van der Waals surface area contributed by atoms with Gasteiger partial charge in [0.2, 0.25) is 0 Å². The van der Waals surface area contributed by atoms with Crippen LogP contribution in [0.2, 0.25) is 0 Å². The molecule has 1 heterocycles. The molecule has 0 saturated heterocycles. The maximum absolute atomic E-state index is 10.6. The monoisotopic (exact) mass is 258 g/mol. The van der Waals surface area contributed by atoms with E-state index in [1.54, 1.807) is 0 Å². The van der Waals surface area contributed by atoms with Gasteiger partial charge in [-0.1, -0.05) is 12.2 Å². The lowest BCUT2D eigenvalue weighted by atomic mass is 10.2. The van der Waals surface area contributed by atoms with Crippen molar-refractivity contribution in [3.63, 3.8) is 0 Å². The van der Waals surface area contributed by atoms with Crippen LogP contribution in [-0.4, -0.2) is 43.0 Å². The second-order valence-electron chi connectivity index (χ2n) is 3.67. The van der Waals surface area contributed by atoms with Crippen molar-refractivity contribution < 1.29 is 14.3 Å². The van der Waals surface area contributed by atoms with E-state index in [1.807, 2.05) is 19.1 Å². The number of rotatable bonds is 4. The predicted molar refractivity (Wildman–Crippen MR) is 68.7 cm³/mol. The molecule has 96 valence electrons. The van der Waals surface area contributed by atoms with Crippen LogP contribution >= 0.6 is 12.2 Å². The normalized spacial score (nSPS) is 22.9. The molecular formula is C11H18N2O3S. The number of hydrogen-bond donors (Lipinski definition) is 2. The molecule has 0 radical (unpaired) electrons. The third-order valence-corrected chi connectivity index (χ3v) is 2.41. The van der Waals surface area contributed by atoms with Crippen LogP contribution in [0.15, 0.2) is 12.2 Å². The fraction of sp³-hybridized carbons (Fsp3) is 0.636. The van der Waals surface area contributed by atoms with Crippen molar-refractivity contribution >= 4 is 23.3 Å². The molecule has 5 nitrogen and oxygen atoms in total. The molecule has 2 N–H and O–H groups in total. The van der Waals surface area contributed by atoms with Gasteiger partial charge in [-0.25, -0.2) is 0 Å². The highest BCUT2D eigenvalue weighted by molar-refractivity contribution is 7.80. The van der Waals surface area contributed by atoms with Gasteiger partial charge < -0.3 is 20.1 Å². The number of esters is 1. The first-order chi connectivity index (χ1) is 8.11. The fourth-order valence-electron chi connectivity index (χ4n) is 1.37. The number of nitrogens with one attached hydrogen (secondary N) is 2. The minimum atomic E-state index is -0.296. The lowest BCUT2D eigenvalue weighted by Gasteiger charge is -2.25. The second-order valence-corrected chi connectivity index (χ2v) is 4.08. The van der Waals surface area contributed by atoms with E-state index in [0.29, 0.717) is 11.7 Å². The van der Waals surface area contributed by atoms with E-state index in [2.05, 4.69) is 10.6 Å². The summed E-state index contributed by atoms with van der Waals surface area (Å²) in [6, 6.07) is 0.0649. The third kappa shape index (κ3) is 5.65. The van der Waals surface area contributed by atoms with Gasteiger partial charge in [0.25, 0.3) is 0 Å². The number of thiocarbonyl (C=S) groups is 1. The summed E-state index contributed by atoms with van der Waals surface area (Å²) in [7, 11) is 0. The van der Waals surface area contributed by atoms with E-state index in [-0.39, 0.29) is 24.7 Å². The van der Waals surface area contributed by atoms with Crippen molar-refractivity contribution in [1.29, 1.82) is 0 Å². The highest BCUT2D eigenvalue weighted by Crippen LogP contribution is 2.06. The maximum Gasteiger partial charge on any atom is 0.302 e. The zero-order chi connectivity index (χ0) is 12.7. The lowest BCUT2D eigenvalue weighted by Crippen LogP contribution is -2.45. The van der Waals surface area contributed by atoms with Crippen LogP contribution in [0.4, 0.5) is 0 Å². The van der Waals surface area contributed by atoms with Gasteiger partial charge in [0.1, 0.15) is 12.7 Å². The van der Waals surface area contributed by atoms with E-state index in [1.165, 1.54) is 6.92 Å². The molecule has 0 spiro atoms. The Hall–Kier alpha value is -1.14. The number of ether oxygens (including phenoxy) is 2. The number of carbonyl (C=O) groups excluding carboxylic acids is 1. The molecular weight excluding hydrogens is 240 g/mol. The predicted octanol–water partition coefficient (Wildman–Crippen LogP) is 0.357. The van der Waals surface area contributed by atoms with Gasteiger partial charge in [0.15, 0.2) is 5.11 Å². The topological polar surface area (TPSA) is 59.6 Å². The van der Waals surface area contributed by atoms with E-state index in [9.17, 15) is 4.79 Å². The van der Waals surface area contributed by atoms with Gasteiger partial charge in [-0.15, -0.1) is 0 Å². The Morgan fingerprint density at radius 2 is 2.35 bits per heavy atom. The van der Waals surface area contributed by atoms with Crippen LogP contribution in [0.3, 0.4) is 0 Å². The van der Waals surface area contributed by atoms with Gasteiger partial charge in [0, 0.05) is 13.5 Å². The first-order valence-corrected chi connectivity index (χ1v) is 6.00. The molecule has 0 unspecified atom stereocenters. The Balaban J connectivity index is 2.28. The summed E-state index contributed by atoms with van der Waals surface area (Å²) >= 11 is 5.07. The first kappa shape index (κ1) is 13.9. The Bertz CT molecular complexity index is 307. The highest BCUT2D eigenvalue weighted by atomic mass is 32.1. The standard InChI is InChI=1S/C11H18N2O3S/c1-3-12-11(17)13-9-4-5-10(16-6-9)7-15-8(2)14/h4-5,9-10H,3,6-7H2,1-2H3,(H2,12,13,17)/t9-,10-/m1/s1. The molecule has 0 saturated carbocycles. The first-order valence-electron chi connectivity index (χ1n) is 5.59. The molecule has 1 aliphatic rings. The Morgan fingerprint density at radius 1 is 1.59 bits per heavy atom. The van der Waals surface area contributed by atoms with Gasteiger partial charge >= 0.3 is 5.97 Å². The van der Waals surface area contributed by atoms with Crippen molar-refractivity contribution in [1.82, 2.24) is 10.6 Å². The molecule has 0 aromatic carbocycles. The molecule has 0 bridgehead atoms. The van der Waals surface area contributed by atoms with Crippen molar-refractivity contribution in [2.75, 3.05) is 19.8 Å². The molecule has 0 amide bonds. The van der Waals surface area contributed by atoms with Crippen LogP contribution < -0.4 is 10.6 Å². The van der Waals surface area contributed by atoms with Gasteiger partial charge in [-0.05, 0) is 19.1 Å². The quantitative estimate of drug-likeness (QED) is 0.431. The summed E-state index contributed by atoms with van der Waals surface area (Å²) in [5.41, 5.74) is 0. The summed E-state index contributed by atoms with van der Waals surface area (Å²) < 4.78 is 10.4. The minimum absolute atomic E-state index is 0.0649. The number of hydrogen-bond acceptors (Lipinski definition) is 4. The fourth-order valence-corrected chi connectivity index (χ4v) is 1.67. The molecule has 0 fully saturated rings. The van der Waals surface area contributed by atoms with Crippen LogP contribution in [0.5, 0.6) is 0 Å². The van der Waals surface area contributed by atoms with Crippen molar-refractivity contribution in [2.45, 2.75) is 26.0 Å². The van der Waals surface area contributed by atoms with Gasteiger partial charge in [-0.2, -0.15) is 0 Å². The van der Waals surface area contributed by atoms with Crippen molar-refractivity contribution in [2.24, 2.45) is 0 Å². The summed E-state index contributed by atoms with van der Waals surface area (Å²) in [6.45, 7) is 4.92. The molecule has 0 aromatic rings. The summed E-state index contributed by atoms with van der Waals surface area (Å²) in [4.78, 5) is 10.6. The van der Waals surface area contributed by atoms with E-state index < -0.39 is 0 Å². The Kier molecular flexibility index (Phi) is 5.93. The largest absolute Gasteiger partial charge is 0.463 e. The zero-order valence-corrected chi connectivity index (χ0v) is 10.9. The minimum Gasteiger partial charge on any atom is -0.463 e. The molecule has 1 aliphatic heterocycles.